The van der Waals surface area contributed by atoms with E-state index in [1.165, 1.54) is 9.60 Å². The lowest BCUT2D eigenvalue weighted by Crippen LogP contribution is -2.53. The summed E-state index contributed by atoms with van der Waals surface area (Å²) in [6.45, 7) is 5.36. The molecule has 2 aliphatic heterocycles. The number of imide groups is 1. The minimum atomic E-state index is -0.686. The number of fused-ring (bicyclic) bond motifs is 2. The number of likely N-dealkylation sites (tertiary alicyclic amines) is 2. The molecule has 0 saturated carbocycles. The summed E-state index contributed by atoms with van der Waals surface area (Å²) in [4.78, 5) is 48.0. The van der Waals surface area contributed by atoms with Crippen LogP contribution in [0.3, 0.4) is 0 Å². The molecule has 174 valence electrons. The number of benzene rings is 1. The summed E-state index contributed by atoms with van der Waals surface area (Å²) in [6, 6.07) is 7.50. The van der Waals surface area contributed by atoms with Crippen molar-refractivity contribution < 1.29 is 14.4 Å². The largest absolute Gasteiger partial charge is 0.341 e. The monoisotopic (exact) mass is 465 g/mol. The highest BCUT2D eigenvalue weighted by Gasteiger charge is 2.51. The van der Waals surface area contributed by atoms with Gasteiger partial charge in [0.05, 0.1) is 27.1 Å². The van der Waals surface area contributed by atoms with Gasteiger partial charge in [-0.15, -0.1) is 11.3 Å². The Bertz CT molecular complexity index is 1040. The summed E-state index contributed by atoms with van der Waals surface area (Å²) < 4.78 is 1.20. The molecule has 3 unspecified atom stereocenters. The van der Waals surface area contributed by atoms with E-state index in [9.17, 15) is 14.4 Å². The number of thiazole rings is 1. The first-order chi connectivity index (χ1) is 15.9. The molecule has 0 radical (unpaired) electrons. The number of amides is 3. The van der Waals surface area contributed by atoms with Gasteiger partial charge >= 0.3 is 0 Å². The van der Waals surface area contributed by atoms with Gasteiger partial charge < -0.3 is 4.90 Å². The number of carbonyl (C=O) groups is 3. The van der Waals surface area contributed by atoms with Crippen molar-refractivity contribution in [1.29, 1.82) is 0 Å². The Hall–Kier alpha value is -2.54. The fourth-order valence-electron chi connectivity index (χ4n) is 5.52. The van der Waals surface area contributed by atoms with Gasteiger partial charge in [0.25, 0.3) is 0 Å². The Morgan fingerprint density at radius 1 is 1.06 bits per heavy atom. The molecule has 2 aromatic rings. The Kier molecular flexibility index (Phi) is 6.08. The van der Waals surface area contributed by atoms with E-state index < -0.39 is 6.04 Å². The van der Waals surface area contributed by atoms with Crippen LogP contribution < -0.4 is 0 Å². The molecule has 1 aliphatic carbocycles. The molecule has 2 fully saturated rings. The van der Waals surface area contributed by atoms with Crippen LogP contribution in [0.25, 0.3) is 10.2 Å². The van der Waals surface area contributed by atoms with E-state index in [-0.39, 0.29) is 35.5 Å². The van der Waals surface area contributed by atoms with Gasteiger partial charge in [-0.05, 0) is 50.2 Å². The zero-order valence-corrected chi connectivity index (χ0v) is 20.1. The highest BCUT2D eigenvalue weighted by atomic mass is 32.1. The zero-order valence-electron chi connectivity index (χ0n) is 19.3. The van der Waals surface area contributed by atoms with E-state index in [1.54, 1.807) is 11.3 Å². The molecular weight excluding hydrogens is 434 g/mol. The molecule has 5 rings (SSSR count). The lowest BCUT2D eigenvalue weighted by Gasteiger charge is -2.36. The van der Waals surface area contributed by atoms with Crippen molar-refractivity contribution in [2.45, 2.75) is 57.9 Å². The molecular formula is C26H31N3O3S. The normalized spacial score (nSPS) is 24.7. The maximum atomic E-state index is 13.7. The summed E-state index contributed by atoms with van der Waals surface area (Å²) in [7, 11) is 0. The second kappa shape index (κ2) is 9.01. The Morgan fingerprint density at radius 2 is 1.70 bits per heavy atom. The van der Waals surface area contributed by atoms with E-state index in [0.29, 0.717) is 38.3 Å². The average molecular weight is 466 g/mol. The molecule has 3 heterocycles. The molecule has 3 amide bonds. The minimum Gasteiger partial charge on any atom is -0.341 e. The topological polar surface area (TPSA) is 70.6 Å². The molecule has 0 spiro atoms. The predicted octanol–water partition coefficient (Wildman–Crippen LogP) is 4.37. The molecule has 3 aliphatic rings. The molecule has 1 aromatic carbocycles. The van der Waals surface area contributed by atoms with Crippen LogP contribution in [0.1, 0.15) is 56.9 Å². The lowest BCUT2D eigenvalue weighted by molar-refractivity contribution is -0.152. The average Bonchev–Trinajstić information content (AvgIpc) is 3.37. The Morgan fingerprint density at radius 3 is 2.30 bits per heavy atom. The van der Waals surface area contributed by atoms with Crippen molar-refractivity contribution in [2.24, 2.45) is 17.8 Å². The lowest BCUT2D eigenvalue weighted by atomic mass is 9.85. The highest BCUT2D eigenvalue weighted by molar-refractivity contribution is 7.18. The fraction of sp³-hybridized carbons (Fsp3) is 0.538. The first-order valence-corrected chi connectivity index (χ1v) is 12.9. The van der Waals surface area contributed by atoms with Crippen LogP contribution >= 0.6 is 11.3 Å². The summed E-state index contributed by atoms with van der Waals surface area (Å²) in [5, 5.41) is 1.14. The van der Waals surface area contributed by atoms with Gasteiger partial charge in [0.1, 0.15) is 6.04 Å². The number of piperidine rings is 1. The molecule has 7 heteroatoms. The second-order valence-corrected chi connectivity index (χ2v) is 11.0. The summed E-state index contributed by atoms with van der Waals surface area (Å²) in [6.07, 6.45) is 7.41. The minimum absolute atomic E-state index is 0.0697. The molecule has 0 bridgehead atoms. The van der Waals surface area contributed by atoms with Crippen LogP contribution in [0.5, 0.6) is 0 Å². The molecule has 1 aromatic heterocycles. The van der Waals surface area contributed by atoms with E-state index >= 15 is 0 Å². The van der Waals surface area contributed by atoms with Crippen molar-refractivity contribution in [1.82, 2.24) is 14.8 Å². The smallest absolute Gasteiger partial charge is 0.245 e. The molecule has 2 saturated heterocycles. The molecule has 6 nitrogen and oxygen atoms in total. The van der Waals surface area contributed by atoms with Crippen molar-refractivity contribution in [3.8, 4) is 0 Å². The number of para-hydroxylation sites is 1. The van der Waals surface area contributed by atoms with Gasteiger partial charge in [0.2, 0.25) is 17.7 Å². The highest BCUT2D eigenvalue weighted by Crippen LogP contribution is 2.38. The molecule has 3 atom stereocenters. The predicted molar refractivity (Wildman–Crippen MR) is 129 cm³/mol. The third-order valence-corrected chi connectivity index (χ3v) is 8.50. The third kappa shape index (κ3) is 4.12. The standard InChI is InChI=1S/C26H31N3O3S/c1-16(2)15-21(29-24(30)18-7-3-4-8-19(18)25(29)31)26(32)28-13-11-17(12-14-28)23-27-20-9-5-6-10-22(20)33-23/h3-6,9-10,16-19,21H,7-8,11-15H2,1-2H3. The van der Waals surface area contributed by atoms with Crippen molar-refractivity contribution >= 4 is 39.3 Å². The maximum Gasteiger partial charge on any atom is 0.245 e. The van der Waals surface area contributed by atoms with Gasteiger partial charge in [-0.1, -0.05) is 38.1 Å². The number of hydrogen-bond donors (Lipinski definition) is 0. The van der Waals surface area contributed by atoms with E-state index in [0.717, 1.165) is 23.4 Å². The maximum absolute atomic E-state index is 13.7. The van der Waals surface area contributed by atoms with Crippen LogP contribution in [0, 0.1) is 17.8 Å². The SMILES string of the molecule is CC(C)CC(C(=O)N1CCC(c2nc3ccccc3s2)CC1)N1C(=O)C2CC=CCC2C1=O. The third-order valence-electron chi connectivity index (χ3n) is 7.30. The summed E-state index contributed by atoms with van der Waals surface area (Å²) in [5.74, 6) is -0.417. The van der Waals surface area contributed by atoms with Crippen molar-refractivity contribution in [2.75, 3.05) is 13.1 Å². The van der Waals surface area contributed by atoms with Crippen LogP contribution in [0.2, 0.25) is 0 Å². The number of allylic oxidation sites excluding steroid dienone is 2. The van der Waals surface area contributed by atoms with E-state index in [1.807, 2.05) is 49.1 Å². The van der Waals surface area contributed by atoms with Gasteiger partial charge in [0.15, 0.2) is 0 Å². The fourth-order valence-corrected chi connectivity index (χ4v) is 6.66. The first-order valence-electron chi connectivity index (χ1n) is 12.1. The second-order valence-electron chi connectivity index (χ2n) is 9.97. The zero-order chi connectivity index (χ0) is 23.1. The van der Waals surface area contributed by atoms with E-state index in [2.05, 4.69) is 6.07 Å². The van der Waals surface area contributed by atoms with Gasteiger partial charge in [-0.3, -0.25) is 19.3 Å². The van der Waals surface area contributed by atoms with Crippen LogP contribution in [0.4, 0.5) is 0 Å². The van der Waals surface area contributed by atoms with Crippen LogP contribution in [-0.4, -0.2) is 51.6 Å². The summed E-state index contributed by atoms with van der Waals surface area (Å²) in [5.41, 5.74) is 1.04. The van der Waals surface area contributed by atoms with Gasteiger partial charge in [-0.25, -0.2) is 4.98 Å². The van der Waals surface area contributed by atoms with Gasteiger partial charge in [-0.2, -0.15) is 0 Å². The Balaban J connectivity index is 1.30. The van der Waals surface area contributed by atoms with Crippen molar-refractivity contribution in [3.63, 3.8) is 0 Å². The summed E-state index contributed by atoms with van der Waals surface area (Å²) >= 11 is 1.74. The number of aromatic nitrogens is 1. The van der Waals surface area contributed by atoms with Gasteiger partial charge in [0, 0.05) is 19.0 Å². The van der Waals surface area contributed by atoms with Crippen LogP contribution in [0.15, 0.2) is 36.4 Å². The number of nitrogens with zero attached hydrogens (tertiary/aromatic N) is 3. The van der Waals surface area contributed by atoms with Crippen molar-refractivity contribution in [3.05, 3.63) is 41.4 Å². The Labute approximate surface area is 198 Å². The number of hydrogen-bond acceptors (Lipinski definition) is 5. The number of carbonyl (C=O) groups excluding carboxylic acids is 3. The first kappa shape index (κ1) is 22.3. The number of rotatable bonds is 5. The quantitative estimate of drug-likeness (QED) is 0.486. The van der Waals surface area contributed by atoms with Crippen LogP contribution in [-0.2, 0) is 14.4 Å². The van der Waals surface area contributed by atoms with E-state index in [4.69, 9.17) is 4.98 Å². The molecule has 0 N–H and O–H groups in total. The molecule has 33 heavy (non-hydrogen) atoms.